The Morgan fingerprint density at radius 1 is 1.55 bits per heavy atom. The number of rotatable bonds is 2. The minimum atomic E-state index is -0.588. The summed E-state index contributed by atoms with van der Waals surface area (Å²) in [5.41, 5.74) is 2.52. The predicted octanol–water partition coefficient (Wildman–Crippen LogP) is 0.115. The van der Waals surface area contributed by atoms with Crippen LogP contribution in [-0.4, -0.2) is 5.03 Å². The fourth-order valence-corrected chi connectivity index (χ4v) is 0.681. The van der Waals surface area contributed by atoms with Crippen molar-refractivity contribution in [1.82, 2.24) is 0 Å². The highest BCUT2D eigenvalue weighted by Crippen LogP contribution is 2.00. The van der Waals surface area contributed by atoms with Crippen molar-refractivity contribution >= 4 is 5.69 Å². The maximum Gasteiger partial charge on any atom is 0.170 e. The first-order chi connectivity index (χ1) is 5.18. The lowest BCUT2D eigenvalue weighted by atomic mass is 10.4. The molecule has 0 spiro atoms. The zero-order valence-corrected chi connectivity index (χ0v) is 6.02. The fraction of sp³-hybridized carbons (Fsp3) is 0.167. The second-order valence-electron chi connectivity index (χ2n) is 2.12. The molecule has 0 radical (unpaired) electrons. The molecular formula is C6H8N3O2+. The molecule has 1 N–H and O–H groups in total. The second kappa shape index (κ2) is 2.96. The summed E-state index contributed by atoms with van der Waals surface area (Å²) in [4.78, 5) is 9.94. The fourth-order valence-electron chi connectivity index (χ4n) is 0.681. The van der Waals surface area contributed by atoms with Crippen molar-refractivity contribution in [3.05, 3.63) is 34.6 Å². The standard InChI is InChI=1S/C6H7N3O2/c1-8-4-2-6(3-5-8)7-9(10)11/h2-5H,1H3/p+1. The lowest BCUT2D eigenvalue weighted by Gasteiger charge is -1.92. The molecule has 0 aliphatic heterocycles. The van der Waals surface area contributed by atoms with E-state index >= 15 is 0 Å². The quantitative estimate of drug-likeness (QED) is 0.374. The summed E-state index contributed by atoms with van der Waals surface area (Å²) >= 11 is 0. The number of hydrazine groups is 1. The Hall–Kier alpha value is -1.65. The van der Waals surface area contributed by atoms with E-state index in [2.05, 4.69) is 0 Å². The molecule has 0 amide bonds. The van der Waals surface area contributed by atoms with Crippen LogP contribution in [0.1, 0.15) is 0 Å². The van der Waals surface area contributed by atoms with E-state index in [1.165, 1.54) is 0 Å². The Balaban J connectivity index is 2.74. The average molecular weight is 154 g/mol. The third kappa shape index (κ3) is 2.21. The van der Waals surface area contributed by atoms with Crippen LogP contribution in [0.4, 0.5) is 5.69 Å². The summed E-state index contributed by atoms with van der Waals surface area (Å²) in [5.74, 6) is 0. The molecule has 11 heavy (non-hydrogen) atoms. The number of nitrogens with one attached hydrogen (secondary N) is 1. The normalized spacial score (nSPS) is 9.18. The van der Waals surface area contributed by atoms with Crippen LogP contribution in [0.2, 0.25) is 0 Å². The largest absolute Gasteiger partial charge is 0.235 e. The van der Waals surface area contributed by atoms with Gasteiger partial charge in [-0.3, -0.25) is 0 Å². The maximum atomic E-state index is 9.94. The Morgan fingerprint density at radius 3 is 2.55 bits per heavy atom. The molecule has 1 aromatic heterocycles. The number of nitro groups is 1. The molecule has 0 unspecified atom stereocenters. The van der Waals surface area contributed by atoms with E-state index in [4.69, 9.17) is 0 Å². The molecule has 0 aromatic carbocycles. The molecule has 5 heteroatoms. The zero-order valence-electron chi connectivity index (χ0n) is 6.02. The third-order valence-corrected chi connectivity index (χ3v) is 1.20. The Morgan fingerprint density at radius 2 is 2.09 bits per heavy atom. The Labute approximate surface area is 63.4 Å². The average Bonchev–Trinajstić information content (AvgIpc) is 1.93. The highest BCUT2D eigenvalue weighted by Gasteiger charge is 1.99. The number of aryl methyl sites for hydroxylation is 1. The molecule has 58 valence electrons. The van der Waals surface area contributed by atoms with Gasteiger partial charge in [-0.15, -0.1) is 5.43 Å². The lowest BCUT2D eigenvalue weighted by Crippen LogP contribution is -2.26. The topological polar surface area (TPSA) is 59.0 Å². The van der Waals surface area contributed by atoms with Crippen molar-refractivity contribution < 1.29 is 9.60 Å². The van der Waals surface area contributed by atoms with Gasteiger partial charge in [0.05, 0.1) is 0 Å². The van der Waals surface area contributed by atoms with E-state index < -0.39 is 5.03 Å². The molecule has 0 saturated heterocycles. The van der Waals surface area contributed by atoms with Crippen molar-refractivity contribution in [3.63, 3.8) is 0 Å². The second-order valence-corrected chi connectivity index (χ2v) is 2.12. The molecule has 1 aromatic rings. The SMILES string of the molecule is C[n+]1ccc(N[N+](=O)[O-])cc1. The summed E-state index contributed by atoms with van der Waals surface area (Å²) in [7, 11) is 1.84. The van der Waals surface area contributed by atoms with E-state index in [9.17, 15) is 10.1 Å². The molecule has 0 saturated carbocycles. The van der Waals surface area contributed by atoms with Gasteiger partial charge in [0.1, 0.15) is 12.7 Å². The minimum Gasteiger partial charge on any atom is -0.235 e. The van der Waals surface area contributed by atoms with Crippen molar-refractivity contribution in [2.45, 2.75) is 0 Å². The van der Waals surface area contributed by atoms with Crippen LogP contribution < -0.4 is 9.99 Å². The summed E-state index contributed by atoms with van der Waals surface area (Å²) in [6.45, 7) is 0. The van der Waals surface area contributed by atoms with Gasteiger partial charge in [0, 0.05) is 12.1 Å². The number of pyridine rings is 1. The van der Waals surface area contributed by atoms with Gasteiger partial charge in [0.15, 0.2) is 17.4 Å². The lowest BCUT2D eigenvalue weighted by molar-refractivity contribution is -0.671. The third-order valence-electron chi connectivity index (χ3n) is 1.20. The van der Waals surface area contributed by atoms with Gasteiger partial charge in [-0.05, 0) is 0 Å². The van der Waals surface area contributed by atoms with Gasteiger partial charge in [-0.1, -0.05) is 0 Å². The molecule has 1 heterocycles. The van der Waals surface area contributed by atoms with Crippen LogP contribution in [0.25, 0.3) is 0 Å². The van der Waals surface area contributed by atoms with E-state index in [0.717, 1.165) is 0 Å². The van der Waals surface area contributed by atoms with Gasteiger partial charge < -0.3 is 0 Å². The summed E-state index contributed by atoms with van der Waals surface area (Å²) < 4.78 is 1.80. The summed E-state index contributed by atoms with van der Waals surface area (Å²) in [5, 5.41) is 9.35. The monoisotopic (exact) mass is 154 g/mol. The van der Waals surface area contributed by atoms with Gasteiger partial charge in [-0.25, -0.2) is 14.7 Å². The molecule has 0 bridgehead atoms. The van der Waals surface area contributed by atoms with Crippen molar-refractivity contribution in [2.75, 3.05) is 5.43 Å². The highest BCUT2D eigenvalue weighted by molar-refractivity contribution is 5.36. The number of nitrogens with zero attached hydrogens (tertiary/aromatic N) is 2. The Bertz CT molecular complexity index is 257. The van der Waals surface area contributed by atoms with Gasteiger partial charge in [0.25, 0.3) is 0 Å². The number of anilines is 1. The van der Waals surface area contributed by atoms with Crippen molar-refractivity contribution in [3.8, 4) is 0 Å². The smallest absolute Gasteiger partial charge is 0.170 e. The molecule has 1 rings (SSSR count). The first-order valence-electron chi connectivity index (χ1n) is 3.05. The van der Waals surface area contributed by atoms with Crippen LogP contribution >= 0.6 is 0 Å². The maximum absolute atomic E-state index is 9.94. The zero-order chi connectivity index (χ0) is 8.27. The number of hydrogen-bond acceptors (Lipinski definition) is 2. The first-order valence-corrected chi connectivity index (χ1v) is 3.05. The number of hydrogen-bond donors (Lipinski definition) is 1. The van der Waals surface area contributed by atoms with Crippen molar-refractivity contribution in [1.29, 1.82) is 0 Å². The van der Waals surface area contributed by atoms with Crippen LogP contribution in [0, 0.1) is 10.1 Å². The van der Waals surface area contributed by atoms with E-state index in [0.29, 0.717) is 5.69 Å². The molecule has 0 aliphatic carbocycles. The molecule has 0 aliphatic rings. The van der Waals surface area contributed by atoms with E-state index in [1.54, 1.807) is 29.1 Å². The predicted molar refractivity (Wildman–Crippen MR) is 38.2 cm³/mol. The van der Waals surface area contributed by atoms with Crippen LogP contribution in [0.15, 0.2) is 24.5 Å². The molecule has 0 fully saturated rings. The summed E-state index contributed by atoms with van der Waals surface area (Å²) in [6.07, 6.45) is 3.46. The Kier molecular flexibility index (Phi) is 2.00. The molecule has 5 nitrogen and oxygen atoms in total. The van der Waals surface area contributed by atoms with Gasteiger partial charge >= 0.3 is 0 Å². The minimum absolute atomic E-state index is 0.480. The first kappa shape index (κ1) is 7.46. The highest BCUT2D eigenvalue weighted by atomic mass is 16.7. The summed E-state index contributed by atoms with van der Waals surface area (Å²) in [6, 6.07) is 3.26. The van der Waals surface area contributed by atoms with Crippen molar-refractivity contribution in [2.24, 2.45) is 7.05 Å². The number of aromatic nitrogens is 1. The van der Waals surface area contributed by atoms with E-state index in [-0.39, 0.29) is 0 Å². The van der Waals surface area contributed by atoms with Crippen LogP contribution in [0.5, 0.6) is 0 Å². The van der Waals surface area contributed by atoms with Crippen LogP contribution in [-0.2, 0) is 7.05 Å². The van der Waals surface area contributed by atoms with Gasteiger partial charge in [0.2, 0.25) is 0 Å². The van der Waals surface area contributed by atoms with Crippen LogP contribution in [0.3, 0.4) is 0 Å². The molecular weight excluding hydrogens is 146 g/mol. The van der Waals surface area contributed by atoms with E-state index in [1.807, 2.05) is 12.5 Å². The molecule has 0 atom stereocenters. The van der Waals surface area contributed by atoms with Gasteiger partial charge in [-0.2, -0.15) is 0 Å².